The van der Waals surface area contributed by atoms with Gasteiger partial charge in [0.1, 0.15) is 6.61 Å². The second-order valence-corrected chi connectivity index (χ2v) is 5.10. The second-order valence-electron chi connectivity index (χ2n) is 5.10. The summed E-state index contributed by atoms with van der Waals surface area (Å²) < 4.78 is 5.31. The van der Waals surface area contributed by atoms with E-state index in [4.69, 9.17) is 4.74 Å². The highest BCUT2D eigenvalue weighted by Gasteiger charge is 2.59. The van der Waals surface area contributed by atoms with Crippen molar-refractivity contribution in [3.63, 3.8) is 0 Å². The van der Waals surface area contributed by atoms with Crippen molar-refractivity contribution in [2.45, 2.75) is 37.5 Å². The molecule has 1 unspecified atom stereocenters. The van der Waals surface area contributed by atoms with Crippen LogP contribution in [0.4, 0.5) is 4.79 Å². The van der Waals surface area contributed by atoms with Gasteiger partial charge in [-0.1, -0.05) is 30.3 Å². The Morgan fingerprint density at radius 2 is 2.11 bits per heavy atom. The van der Waals surface area contributed by atoms with E-state index in [1.54, 1.807) is 4.90 Å². The third-order valence-corrected chi connectivity index (χ3v) is 3.97. The van der Waals surface area contributed by atoms with E-state index in [2.05, 4.69) is 0 Å². The monoisotopic (exact) mass is 247 g/mol. The molecule has 3 rings (SSSR count). The van der Waals surface area contributed by atoms with Crippen molar-refractivity contribution in [2.24, 2.45) is 0 Å². The van der Waals surface area contributed by atoms with Gasteiger partial charge < -0.3 is 9.84 Å². The van der Waals surface area contributed by atoms with E-state index in [1.807, 2.05) is 30.3 Å². The molecule has 1 N–H and O–H groups in total. The number of aliphatic hydroxyl groups is 1. The summed E-state index contributed by atoms with van der Waals surface area (Å²) in [4.78, 5) is 13.7. The van der Waals surface area contributed by atoms with Gasteiger partial charge in [0.05, 0.1) is 11.6 Å². The molecule has 2 aliphatic rings. The lowest BCUT2D eigenvalue weighted by atomic mass is 10.1. The largest absolute Gasteiger partial charge is 0.445 e. The first-order valence-corrected chi connectivity index (χ1v) is 6.39. The van der Waals surface area contributed by atoms with Crippen LogP contribution in [0, 0.1) is 0 Å². The second kappa shape index (κ2) is 4.28. The summed E-state index contributed by atoms with van der Waals surface area (Å²) in [5.74, 6) is 0. The average molecular weight is 247 g/mol. The molecule has 1 amide bonds. The molecule has 2 fully saturated rings. The molecule has 0 aromatic heterocycles. The number of hydrogen-bond acceptors (Lipinski definition) is 3. The first-order chi connectivity index (χ1) is 8.72. The van der Waals surface area contributed by atoms with Crippen LogP contribution in [-0.2, 0) is 11.3 Å². The van der Waals surface area contributed by atoms with Gasteiger partial charge in [0.25, 0.3) is 0 Å². The van der Waals surface area contributed by atoms with E-state index in [1.165, 1.54) is 0 Å². The van der Waals surface area contributed by atoms with E-state index in [0.717, 1.165) is 18.4 Å². The van der Waals surface area contributed by atoms with E-state index < -0.39 is 0 Å². The van der Waals surface area contributed by atoms with Crippen LogP contribution < -0.4 is 0 Å². The van der Waals surface area contributed by atoms with Gasteiger partial charge >= 0.3 is 6.09 Å². The predicted octanol–water partition coefficient (Wildman–Crippen LogP) is 1.92. The molecule has 1 atom stereocenters. The quantitative estimate of drug-likeness (QED) is 0.868. The van der Waals surface area contributed by atoms with Crippen LogP contribution in [0.3, 0.4) is 0 Å². The van der Waals surface area contributed by atoms with Gasteiger partial charge in [-0.05, 0) is 24.8 Å². The fourth-order valence-corrected chi connectivity index (χ4v) is 2.72. The van der Waals surface area contributed by atoms with Crippen molar-refractivity contribution in [1.29, 1.82) is 0 Å². The lowest BCUT2D eigenvalue weighted by Gasteiger charge is -2.25. The minimum atomic E-state index is -0.373. The van der Waals surface area contributed by atoms with Crippen LogP contribution in [0.1, 0.15) is 24.8 Å². The van der Waals surface area contributed by atoms with Gasteiger partial charge in [-0.25, -0.2) is 4.79 Å². The third kappa shape index (κ3) is 1.86. The van der Waals surface area contributed by atoms with Crippen molar-refractivity contribution in [1.82, 2.24) is 4.90 Å². The number of benzene rings is 1. The SMILES string of the molecule is O=C(OCc1ccccc1)N1CCC(O)C12CC2. The number of carbonyl (C=O) groups excluding carboxylic acids is 1. The summed E-state index contributed by atoms with van der Waals surface area (Å²) in [5.41, 5.74) is 0.684. The predicted molar refractivity (Wildman–Crippen MR) is 65.9 cm³/mol. The van der Waals surface area contributed by atoms with Gasteiger partial charge in [0.15, 0.2) is 0 Å². The Morgan fingerprint density at radius 3 is 2.78 bits per heavy atom. The van der Waals surface area contributed by atoms with Gasteiger partial charge in [-0.15, -0.1) is 0 Å². The Hall–Kier alpha value is -1.55. The number of likely N-dealkylation sites (tertiary alicyclic amines) is 1. The Balaban J connectivity index is 1.60. The molecule has 0 bridgehead atoms. The zero-order chi connectivity index (χ0) is 12.6. The molecule has 1 heterocycles. The molecule has 1 spiro atoms. The molecule has 4 nitrogen and oxygen atoms in total. The average Bonchev–Trinajstić information content (AvgIpc) is 3.12. The smallest absolute Gasteiger partial charge is 0.410 e. The molecule has 1 saturated carbocycles. The van der Waals surface area contributed by atoms with Crippen molar-refractivity contribution in [3.05, 3.63) is 35.9 Å². The maximum absolute atomic E-state index is 12.0. The summed E-state index contributed by atoms with van der Waals surface area (Å²) >= 11 is 0. The molecule has 1 aromatic rings. The maximum atomic E-state index is 12.0. The molecule has 18 heavy (non-hydrogen) atoms. The van der Waals surface area contributed by atoms with Crippen LogP contribution in [0.15, 0.2) is 30.3 Å². The molecule has 96 valence electrons. The highest BCUT2D eigenvalue weighted by atomic mass is 16.6. The summed E-state index contributed by atoms with van der Waals surface area (Å²) in [6.07, 6.45) is 1.79. The summed E-state index contributed by atoms with van der Waals surface area (Å²) in [6.45, 7) is 0.900. The molecule has 0 radical (unpaired) electrons. The lowest BCUT2D eigenvalue weighted by Crippen LogP contribution is -2.41. The first-order valence-electron chi connectivity index (χ1n) is 6.39. The molecule has 1 aromatic carbocycles. The molecule has 4 heteroatoms. The number of nitrogens with zero attached hydrogens (tertiary/aromatic N) is 1. The minimum Gasteiger partial charge on any atom is -0.445 e. The van der Waals surface area contributed by atoms with Crippen molar-refractivity contribution in [3.8, 4) is 0 Å². The van der Waals surface area contributed by atoms with Crippen LogP contribution >= 0.6 is 0 Å². The number of amides is 1. The number of aliphatic hydroxyl groups excluding tert-OH is 1. The van der Waals surface area contributed by atoms with Crippen LogP contribution in [-0.4, -0.2) is 34.3 Å². The van der Waals surface area contributed by atoms with Crippen molar-refractivity contribution in [2.75, 3.05) is 6.54 Å². The highest BCUT2D eigenvalue weighted by Crippen LogP contribution is 2.49. The Morgan fingerprint density at radius 1 is 1.39 bits per heavy atom. The molecular formula is C14H17NO3. The highest BCUT2D eigenvalue weighted by molar-refractivity contribution is 5.70. The summed E-state index contributed by atoms with van der Waals surface area (Å²) in [6, 6.07) is 9.63. The topological polar surface area (TPSA) is 49.8 Å². The van der Waals surface area contributed by atoms with Crippen molar-refractivity contribution < 1.29 is 14.6 Å². The number of rotatable bonds is 2. The fourth-order valence-electron chi connectivity index (χ4n) is 2.72. The zero-order valence-corrected chi connectivity index (χ0v) is 10.2. The maximum Gasteiger partial charge on any atom is 0.410 e. The number of hydrogen-bond donors (Lipinski definition) is 1. The van der Waals surface area contributed by atoms with Gasteiger partial charge in [-0.2, -0.15) is 0 Å². The molecule has 1 saturated heterocycles. The Kier molecular flexibility index (Phi) is 2.74. The zero-order valence-electron chi connectivity index (χ0n) is 10.2. The van der Waals surface area contributed by atoms with Crippen molar-refractivity contribution >= 4 is 6.09 Å². The first kappa shape index (κ1) is 11.5. The van der Waals surface area contributed by atoms with Gasteiger partial charge in [0, 0.05) is 6.54 Å². The third-order valence-electron chi connectivity index (χ3n) is 3.97. The lowest BCUT2D eigenvalue weighted by molar-refractivity contribution is 0.0629. The molecule has 1 aliphatic heterocycles. The van der Waals surface area contributed by atoms with Gasteiger partial charge in [0.2, 0.25) is 0 Å². The fraction of sp³-hybridized carbons (Fsp3) is 0.500. The van der Waals surface area contributed by atoms with Crippen LogP contribution in [0.5, 0.6) is 0 Å². The molecule has 1 aliphatic carbocycles. The molecular weight excluding hydrogens is 230 g/mol. The van der Waals surface area contributed by atoms with E-state index in [-0.39, 0.29) is 17.7 Å². The van der Waals surface area contributed by atoms with Gasteiger partial charge in [-0.3, -0.25) is 4.90 Å². The van der Waals surface area contributed by atoms with Crippen LogP contribution in [0.25, 0.3) is 0 Å². The number of carbonyl (C=O) groups is 1. The number of ether oxygens (including phenoxy) is 1. The standard InChI is InChI=1S/C14H17NO3/c16-12-6-9-15(14(12)7-8-14)13(17)18-10-11-4-2-1-3-5-11/h1-5,12,16H,6-10H2. The van der Waals surface area contributed by atoms with Crippen LogP contribution in [0.2, 0.25) is 0 Å². The minimum absolute atomic E-state index is 0.294. The van der Waals surface area contributed by atoms with E-state index in [9.17, 15) is 9.90 Å². The normalized spacial score (nSPS) is 24.3. The van der Waals surface area contributed by atoms with E-state index in [0.29, 0.717) is 19.6 Å². The summed E-state index contributed by atoms with van der Waals surface area (Å²) in [7, 11) is 0. The Bertz CT molecular complexity index is 442. The Labute approximate surface area is 106 Å². The summed E-state index contributed by atoms with van der Waals surface area (Å²) in [5, 5.41) is 9.87. The van der Waals surface area contributed by atoms with E-state index >= 15 is 0 Å².